The highest BCUT2D eigenvalue weighted by molar-refractivity contribution is 5.93. The molecular formula is C23H26F2N4O3. The standard InChI is InChI=1S/C23H26F2N4O3/c24-22(25)32-21-4-2-1-3-18(21)16-26-23(30)27-19-5-6-20-17(15-19)7-8-29(20)10-9-28-11-13-31-14-12-28/h1-8,15,22H,9-14,16H2,(H2,26,27,30). The summed E-state index contributed by atoms with van der Waals surface area (Å²) in [5.74, 6) is 0.0441. The van der Waals surface area contributed by atoms with Crippen LogP contribution in [0.15, 0.2) is 54.7 Å². The zero-order valence-corrected chi connectivity index (χ0v) is 17.6. The van der Waals surface area contributed by atoms with Crippen molar-refractivity contribution >= 4 is 22.6 Å². The molecule has 0 atom stereocenters. The van der Waals surface area contributed by atoms with Gasteiger partial charge in [-0.25, -0.2) is 4.79 Å². The van der Waals surface area contributed by atoms with Gasteiger partial charge in [0, 0.05) is 61.1 Å². The molecule has 0 spiro atoms. The molecule has 1 aliphatic heterocycles. The lowest BCUT2D eigenvalue weighted by atomic mass is 10.2. The average Bonchev–Trinajstić information content (AvgIpc) is 3.19. The summed E-state index contributed by atoms with van der Waals surface area (Å²) in [5.41, 5.74) is 2.22. The van der Waals surface area contributed by atoms with Crippen molar-refractivity contribution in [2.24, 2.45) is 0 Å². The van der Waals surface area contributed by atoms with Gasteiger partial charge in [0.15, 0.2) is 0 Å². The third-order valence-corrected chi connectivity index (χ3v) is 5.42. The minimum atomic E-state index is -2.92. The van der Waals surface area contributed by atoms with Gasteiger partial charge in [0.25, 0.3) is 0 Å². The zero-order chi connectivity index (χ0) is 22.3. The maximum absolute atomic E-state index is 12.5. The molecule has 0 saturated carbocycles. The maximum atomic E-state index is 12.5. The van der Waals surface area contributed by atoms with Crippen LogP contribution in [0.2, 0.25) is 0 Å². The van der Waals surface area contributed by atoms with Gasteiger partial charge in [0.1, 0.15) is 5.75 Å². The number of fused-ring (bicyclic) bond motifs is 1. The molecule has 0 unspecified atom stereocenters. The number of rotatable bonds is 8. The van der Waals surface area contributed by atoms with Crippen molar-refractivity contribution in [3.63, 3.8) is 0 Å². The zero-order valence-electron chi connectivity index (χ0n) is 17.6. The first-order chi connectivity index (χ1) is 15.6. The molecule has 0 radical (unpaired) electrons. The van der Waals surface area contributed by atoms with E-state index in [-0.39, 0.29) is 12.3 Å². The third kappa shape index (κ3) is 5.74. The quantitative estimate of drug-likeness (QED) is 0.553. The minimum absolute atomic E-state index is 0.0441. The maximum Gasteiger partial charge on any atom is 0.387 e. The van der Waals surface area contributed by atoms with Crippen LogP contribution in [0.3, 0.4) is 0 Å². The fourth-order valence-electron chi connectivity index (χ4n) is 3.76. The highest BCUT2D eigenvalue weighted by Crippen LogP contribution is 2.22. The summed E-state index contributed by atoms with van der Waals surface area (Å²) in [7, 11) is 0. The van der Waals surface area contributed by atoms with Gasteiger partial charge >= 0.3 is 12.6 Å². The summed E-state index contributed by atoms with van der Waals surface area (Å²) in [4.78, 5) is 14.7. The second-order valence-electron chi connectivity index (χ2n) is 7.53. The second kappa shape index (κ2) is 10.4. The number of morpholine rings is 1. The number of alkyl halides is 2. The molecule has 1 saturated heterocycles. The monoisotopic (exact) mass is 444 g/mol. The van der Waals surface area contributed by atoms with Gasteiger partial charge in [-0.2, -0.15) is 8.78 Å². The molecule has 3 aromatic rings. The van der Waals surface area contributed by atoms with Crippen LogP contribution in [0.4, 0.5) is 19.3 Å². The van der Waals surface area contributed by atoms with Crippen molar-refractivity contribution in [2.75, 3.05) is 38.2 Å². The van der Waals surface area contributed by atoms with Crippen molar-refractivity contribution in [2.45, 2.75) is 19.7 Å². The fourth-order valence-corrected chi connectivity index (χ4v) is 3.76. The molecule has 1 aliphatic rings. The molecular weight excluding hydrogens is 418 g/mol. The first-order valence-electron chi connectivity index (χ1n) is 10.5. The molecule has 0 aliphatic carbocycles. The Morgan fingerprint density at radius 1 is 1.09 bits per heavy atom. The van der Waals surface area contributed by atoms with Gasteiger partial charge in [0.05, 0.1) is 13.2 Å². The lowest BCUT2D eigenvalue weighted by Gasteiger charge is -2.26. The van der Waals surface area contributed by atoms with Gasteiger partial charge in [-0.1, -0.05) is 18.2 Å². The fraction of sp³-hybridized carbons (Fsp3) is 0.348. The number of amides is 2. The number of hydrogen-bond acceptors (Lipinski definition) is 4. The smallest absolute Gasteiger partial charge is 0.387 e. The van der Waals surface area contributed by atoms with Gasteiger partial charge < -0.3 is 24.7 Å². The van der Waals surface area contributed by atoms with Gasteiger partial charge in [-0.05, 0) is 30.3 Å². The van der Waals surface area contributed by atoms with Crippen LogP contribution in [0.5, 0.6) is 5.75 Å². The Hall–Kier alpha value is -3.17. The molecule has 2 amide bonds. The summed E-state index contributed by atoms with van der Waals surface area (Å²) in [6, 6.07) is 13.7. The Morgan fingerprint density at radius 2 is 1.91 bits per heavy atom. The van der Waals surface area contributed by atoms with Crippen molar-refractivity contribution in [1.82, 2.24) is 14.8 Å². The number of carbonyl (C=O) groups is 1. The minimum Gasteiger partial charge on any atom is -0.434 e. The number of nitrogens with one attached hydrogen (secondary N) is 2. The first-order valence-corrected chi connectivity index (χ1v) is 10.5. The van der Waals surface area contributed by atoms with E-state index in [0.29, 0.717) is 11.3 Å². The molecule has 170 valence electrons. The molecule has 4 rings (SSSR count). The van der Waals surface area contributed by atoms with E-state index in [9.17, 15) is 13.6 Å². The Kier molecular flexibility index (Phi) is 7.18. The SMILES string of the molecule is O=C(NCc1ccccc1OC(F)F)Nc1ccc2c(ccn2CCN2CCOCC2)c1. The van der Waals surface area contributed by atoms with E-state index in [1.807, 2.05) is 24.3 Å². The van der Waals surface area contributed by atoms with Crippen molar-refractivity contribution in [1.29, 1.82) is 0 Å². The summed E-state index contributed by atoms with van der Waals surface area (Å²) in [6.45, 7) is 2.49. The summed E-state index contributed by atoms with van der Waals surface area (Å²) in [5, 5.41) is 6.49. The third-order valence-electron chi connectivity index (χ3n) is 5.42. The Morgan fingerprint density at radius 3 is 2.72 bits per heavy atom. The Balaban J connectivity index is 1.33. The topological polar surface area (TPSA) is 67.8 Å². The lowest BCUT2D eigenvalue weighted by Crippen LogP contribution is -2.38. The number of nitrogens with zero attached hydrogens (tertiary/aromatic N) is 2. The summed E-state index contributed by atoms with van der Waals surface area (Å²) < 4.78 is 37.1. The van der Waals surface area contributed by atoms with Crippen LogP contribution in [0.1, 0.15) is 5.56 Å². The number of urea groups is 1. The first kappa shape index (κ1) is 22.0. The van der Waals surface area contributed by atoms with E-state index in [1.54, 1.807) is 18.2 Å². The predicted molar refractivity (Wildman–Crippen MR) is 118 cm³/mol. The van der Waals surface area contributed by atoms with Crippen LogP contribution >= 0.6 is 0 Å². The van der Waals surface area contributed by atoms with E-state index in [4.69, 9.17) is 4.74 Å². The van der Waals surface area contributed by atoms with E-state index in [2.05, 4.69) is 31.0 Å². The molecule has 0 bridgehead atoms. The molecule has 1 fully saturated rings. The number of aromatic nitrogens is 1. The van der Waals surface area contributed by atoms with Crippen LogP contribution in [-0.2, 0) is 17.8 Å². The van der Waals surface area contributed by atoms with Gasteiger partial charge in [-0.15, -0.1) is 0 Å². The molecule has 9 heteroatoms. The van der Waals surface area contributed by atoms with Crippen molar-refractivity contribution in [3.8, 4) is 5.75 Å². The van der Waals surface area contributed by atoms with Crippen molar-refractivity contribution in [3.05, 3.63) is 60.3 Å². The summed E-state index contributed by atoms with van der Waals surface area (Å²) >= 11 is 0. The predicted octanol–water partition coefficient (Wildman–Crippen LogP) is 3.90. The molecule has 2 aromatic carbocycles. The number of carbonyl (C=O) groups excluding carboxylic acids is 1. The van der Waals surface area contributed by atoms with Crippen molar-refractivity contribution < 1.29 is 23.0 Å². The number of ether oxygens (including phenoxy) is 2. The molecule has 2 N–H and O–H groups in total. The Labute approximate surface area is 184 Å². The van der Waals surface area contributed by atoms with Gasteiger partial charge in [-0.3, -0.25) is 4.90 Å². The largest absolute Gasteiger partial charge is 0.434 e. The van der Waals surface area contributed by atoms with E-state index < -0.39 is 12.6 Å². The van der Waals surface area contributed by atoms with Gasteiger partial charge in [0.2, 0.25) is 0 Å². The van der Waals surface area contributed by atoms with E-state index in [0.717, 1.165) is 50.3 Å². The number of anilines is 1. The van der Waals surface area contributed by atoms with E-state index in [1.165, 1.54) is 6.07 Å². The molecule has 32 heavy (non-hydrogen) atoms. The highest BCUT2D eigenvalue weighted by Gasteiger charge is 2.12. The number of halogens is 2. The molecule has 7 nitrogen and oxygen atoms in total. The second-order valence-corrected chi connectivity index (χ2v) is 7.53. The van der Waals surface area contributed by atoms with Crippen LogP contribution in [0, 0.1) is 0 Å². The molecule has 2 heterocycles. The van der Waals surface area contributed by atoms with Crippen LogP contribution in [-0.4, -0.2) is 55.0 Å². The lowest BCUT2D eigenvalue weighted by molar-refractivity contribution is -0.0504. The normalized spacial score (nSPS) is 14.6. The Bertz CT molecular complexity index is 1050. The number of para-hydroxylation sites is 1. The average molecular weight is 444 g/mol. The molecule has 1 aromatic heterocycles. The number of benzene rings is 2. The number of hydrogen-bond donors (Lipinski definition) is 2. The van der Waals surface area contributed by atoms with E-state index >= 15 is 0 Å². The highest BCUT2D eigenvalue weighted by atomic mass is 19.3. The van der Waals surface area contributed by atoms with Crippen LogP contribution in [0.25, 0.3) is 10.9 Å². The van der Waals surface area contributed by atoms with Crippen LogP contribution < -0.4 is 15.4 Å². The summed E-state index contributed by atoms with van der Waals surface area (Å²) in [6.07, 6.45) is 2.05.